The van der Waals surface area contributed by atoms with Crippen LogP contribution in [0.3, 0.4) is 0 Å². The first-order valence-electron chi connectivity index (χ1n) is 10.9. The highest BCUT2D eigenvalue weighted by atomic mass is 32.2. The number of benzene rings is 2. The van der Waals surface area contributed by atoms with E-state index in [9.17, 15) is 4.79 Å². The average Bonchev–Trinajstić information content (AvgIpc) is 3.24. The van der Waals surface area contributed by atoms with Crippen molar-refractivity contribution in [2.75, 3.05) is 12.4 Å². The summed E-state index contributed by atoms with van der Waals surface area (Å²) >= 11 is 1.39. The van der Waals surface area contributed by atoms with Crippen LogP contribution in [-0.2, 0) is 19.4 Å². The zero-order valence-corrected chi connectivity index (χ0v) is 18.6. The Morgan fingerprint density at radius 3 is 2.78 bits per heavy atom. The molecule has 0 fully saturated rings. The number of nitrogens with zero attached hydrogens (tertiary/aromatic N) is 3. The molecule has 164 valence electrons. The van der Waals surface area contributed by atoms with E-state index in [-0.39, 0.29) is 11.9 Å². The number of carbonyl (C=O) groups is 1. The van der Waals surface area contributed by atoms with E-state index >= 15 is 0 Å². The molecule has 0 spiro atoms. The Kier molecular flexibility index (Phi) is 5.99. The second kappa shape index (κ2) is 9.20. The predicted octanol–water partition coefficient (Wildman–Crippen LogP) is 4.83. The van der Waals surface area contributed by atoms with Gasteiger partial charge < -0.3 is 9.47 Å². The molecule has 32 heavy (non-hydrogen) atoms. The van der Waals surface area contributed by atoms with E-state index in [4.69, 9.17) is 9.47 Å². The van der Waals surface area contributed by atoms with E-state index in [2.05, 4.69) is 28.9 Å². The van der Waals surface area contributed by atoms with E-state index in [0.29, 0.717) is 35.6 Å². The van der Waals surface area contributed by atoms with Crippen LogP contribution in [0.1, 0.15) is 46.3 Å². The first-order valence-corrected chi connectivity index (χ1v) is 11.9. The standard InChI is InChI=1S/C25H25N3O3S/c1-2-13-28-24(23-15-30-21-9-5-6-10-22(21)31-23)26-27-25(28)32-16-20(29)19-12-11-17-7-3-4-8-18(17)14-19/h2,5-6,9-12,14,23H,1,3-4,7-8,13,15-16H2. The van der Waals surface area contributed by atoms with Gasteiger partial charge in [-0.3, -0.25) is 9.36 Å². The molecule has 0 radical (unpaired) electrons. The van der Waals surface area contributed by atoms with Crippen molar-refractivity contribution in [3.05, 3.63) is 77.6 Å². The van der Waals surface area contributed by atoms with Gasteiger partial charge in [-0.2, -0.15) is 0 Å². The van der Waals surface area contributed by atoms with Crippen molar-refractivity contribution in [3.63, 3.8) is 0 Å². The summed E-state index contributed by atoms with van der Waals surface area (Å²) in [6, 6.07) is 13.7. The summed E-state index contributed by atoms with van der Waals surface area (Å²) in [4.78, 5) is 12.9. The lowest BCUT2D eigenvalue weighted by atomic mass is 9.90. The largest absolute Gasteiger partial charge is 0.485 e. The lowest BCUT2D eigenvalue weighted by Gasteiger charge is -2.26. The highest BCUT2D eigenvalue weighted by Gasteiger charge is 2.28. The molecule has 0 amide bonds. The van der Waals surface area contributed by atoms with Crippen LogP contribution in [0, 0.1) is 0 Å². The van der Waals surface area contributed by atoms with Crippen LogP contribution in [0.4, 0.5) is 0 Å². The molecule has 0 saturated carbocycles. The SMILES string of the molecule is C=CCn1c(SCC(=O)c2ccc3c(c2)CCCC3)nnc1C1COc2ccccc2O1. The van der Waals surface area contributed by atoms with E-state index in [0.717, 1.165) is 24.2 Å². The smallest absolute Gasteiger partial charge is 0.192 e. The molecular weight excluding hydrogens is 422 g/mol. The maximum atomic E-state index is 12.9. The second-order valence-corrected chi connectivity index (χ2v) is 8.95. The number of allylic oxidation sites excluding steroid dienone is 1. The molecule has 1 aliphatic carbocycles. The Hall–Kier alpha value is -3.06. The van der Waals surface area contributed by atoms with Crippen molar-refractivity contribution in [1.29, 1.82) is 0 Å². The topological polar surface area (TPSA) is 66.2 Å². The fourth-order valence-corrected chi connectivity index (χ4v) is 5.06. The number of aryl methyl sites for hydroxylation is 2. The number of aromatic nitrogens is 3. The van der Waals surface area contributed by atoms with Gasteiger partial charge in [0, 0.05) is 12.1 Å². The van der Waals surface area contributed by atoms with Gasteiger partial charge >= 0.3 is 0 Å². The average molecular weight is 448 g/mol. The zero-order chi connectivity index (χ0) is 21.9. The lowest BCUT2D eigenvalue weighted by Crippen LogP contribution is -2.25. The third-order valence-electron chi connectivity index (χ3n) is 5.86. The van der Waals surface area contributed by atoms with Gasteiger partial charge in [-0.05, 0) is 55.0 Å². The number of fused-ring (bicyclic) bond motifs is 2. The molecule has 2 aromatic carbocycles. The van der Waals surface area contributed by atoms with Gasteiger partial charge in [0.05, 0.1) is 5.75 Å². The number of para-hydroxylation sites is 2. The number of thioether (sulfide) groups is 1. The Morgan fingerprint density at radius 1 is 1.12 bits per heavy atom. The Bertz CT molecular complexity index is 1160. The number of ether oxygens (including phenoxy) is 2. The number of ketones is 1. The molecule has 0 saturated heterocycles. The quantitative estimate of drug-likeness (QED) is 0.294. The van der Waals surface area contributed by atoms with Crippen LogP contribution in [0.25, 0.3) is 0 Å². The highest BCUT2D eigenvalue weighted by molar-refractivity contribution is 7.99. The maximum Gasteiger partial charge on any atom is 0.192 e. The van der Waals surface area contributed by atoms with Gasteiger partial charge in [0.25, 0.3) is 0 Å². The van der Waals surface area contributed by atoms with Gasteiger partial charge in [-0.25, -0.2) is 0 Å². The minimum absolute atomic E-state index is 0.101. The van der Waals surface area contributed by atoms with Crippen LogP contribution in [0.15, 0.2) is 60.3 Å². The van der Waals surface area contributed by atoms with Crippen molar-refractivity contribution in [2.45, 2.75) is 43.5 Å². The molecule has 2 heterocycles. The Balaban J connectivity index is 1.31. The summed E-state index contributed by atoms with van der Waals surface area (Å²) < 4.78 is 13.9. The van der Waals surface area contributed by atoms with Crippen LogP contribution in [-0.4, -0.2) is 32.9 Å². The predicted molar refractivity (Wildman–Crippen MR) is 124 cm³/mol. The van der Waals surface area contributed by atoms with Gasteiger partial charge in [0.15, 0.2) is 34.4 Å². The van der Waals surface area contributed by atoms with E-state index in [1.165, 1.54) is 35.7 Å². The Morgan fingerprint density at radius 2 is 1.94 bits per heavy atom. The summed E-state index contributed by atoms with van der Waals surface area (Å²) in [5.41, 5.74) is 3.47. The third-order valence-corrected chi connectivity index (χ3v) is 6.82. The molecule has 1 aliphatic heterocycles. The fraction of sp³-hybridized carbons (Fsp3) is 0.320. The number of Topliss-reactive ketones (excluding diaryl/α,β-unsaturated/α-hetero) is 1. The first-order chi connectivity index (χ1) is 15.7. The van der Waals surface area contributed by atoms with Gasteiger partial charge in [0.1, 0.15) is 6.61 Å². The number of carbonyl (C=O) groups excluding carboxylic acids is 1. The van der Waals surface area contributed by atoms with Gasteiger partial charge in [-0.15, -0.1) is 16.8 Å². The molecule has 6 nitrogen and oxygen atoms in total. The minimum atomic E-state index is -0.372. The summed E-state index contributed by atoms with van der Waals surface area (Å²) in [6.07, 6.45) is 6.03. The molecule has 1 atom stereocenters. The summed E-state index contributed by atoms with van der Waals surface area (Å²) in [5, 5.41) is 9.38. The molecule has 5 rings (SSSR count). The lowest BCUT2D eigenvalue weighted by molar-refractivity contribution is 0.0821. The molecule has 1 unspecified atom stereocenters. The first kappa shape index (κ1) is 20.8. The normalized spacial score (nSPS) is 16.9. The highest BCUT2D eigenvalue weighted by Crippen LogP contribution is 2.36. The van der Waals surface area contributed by atoms with E-state index in [1.54, 1.807) is 6.08 Å². The third kappa shape index (κ3) is 4.17. The van der Waals surface area contributed by atoms with Crippen molar-refractivity contribution < 1.29 is 14.3 Å². The zero-order valence-electron chi connectivity index (χ0n) is 17.8. The fourth-order valence-electron chi connectivity index (χ4n) is 4.21. The van der Waals surface area contributed by atoms with E-state index < -0.39 is 0 Å². The molecular formula is C25H25N3O3S. The van der Waals surface area contributed by atoms with Crippen LogP contribution in [0.2, 0.25) is 0 Å². The monoisotopic (exact) mass is 447 g/mol. The molecule has 2 aliphatic rings. The van der Waals surface area contributed by atoms with Gasteiger partial charge in [0.2, 0.25) is 0 Å². The number of rotatable bonds is 7. The molecule has 1 aromatic heterocycles. The van der Waals surface area contributed by atoms with E-state index in [1.807, 2.05) is 34.9 Å². The summed E-state index contributed by atoms with van der Waals surface area (Å²) in [7, 11) is 0. The van der Waals surface area contributed by atoms with Crippen molar-refractivity contribution in [3.8, 4) is 11.5 Å². The molecule has 0 N–H and O–H groups in total. The number of hydrogen-bond donors (Lipinski definition) is 0. The Labute approximate surface area is 191 Å². The van der Waals surface area contributed by atoms with Crippen LogP contribution >= 0.6 is 11.8 Å². The second-order valence-electron chi connectivity index (χ2n) is 8.01. The maximum absolute atomic E-state index is 12.9. The minimum Gasteiger partial charge on any atom is -0.485 e. The van der Waals surface area contributed by atoms with Crippen molar-refractivity contribution in [2.24, 2.45) is 0 Å². The summed E-state index contributed by atoms with van der Waals surface area (Å²) in [5.74, 6) is 2.49. The number of hydrogen-bond acceptors (Lipinski definition) is 6. The summed E-state index contributed by atoms with van der Waals surface area (Å²) in [6.45, 7) is 4.74. The molecule has 7 heteroatoms. The van der Waals surface area contributed by atoms with Gasteiger partial charge in [-0.1, -0.05) is 42.1 Å². The molecule has 0 bridgehead atoms. The van der Waals surface area contributed by atoms with Crippen molar-refractivity contribution in [1.82, 2.24) is 14.8 Å². The molecule has 3 aromatic rings. The van der Waals surface area contributed by atoms with Crippen molar-refractivity contribution >= 4 is 17.5 Å². The van der Waals surface area contributed by atoms with Crippen LogP contribution < -0.4 is 9.47 Å². The van der Waals surface area contributed by atoms with Crippen LogP contribution in [0.5, 0.6) is 11.5 Å².